The fraction of sp³-hybridized carbons (Fsp3) is 0.324. The van der Waals surface area contributed by atoms with Crippen molar-refractivity contribution in [2.75, 3.05) is 13.1 Å². The molecular formula is C34H38N6O2. The van der Waals surface area contributed by atoms with E-state index in [0.29, 0.717) is 35.6 Å². The number of benzene rings is 2. The van der Waals surface area contributed by atoms with E-state index in [-0.39, 0.29) is 11.5 Å². The van der Waals surface area contributed by atoms with Crippen LogP contribution in [0.4, 0.5) is 5.69 Å². The first-order chi connectivity index (χ1) is 20.2. The second-order valence-electron chi connectivity index (χ2n) is 11.1. The van der Waals surface area contributed by atoms with Crippen LogP contribution in [-0.2, 0) is 11.3 Å². The summed E-state index contributed by atoms with van der Waals surface area (Å²) in [6, 6.07) is 13.8. The lowest BCUT2D eigenvalue weighted by atomic mass is 9.95. The molecule has 0 saturated carbocycles. The lowest BCUT2D eigenvalue weighted by Crippen LogP contribution is -2.34. The molecule has 5 rings (SSSR count). The van der Waals surface area contributed by atoms with Crippen molar-refractivity contribution in [3.05, 3.63) is 92.9 Å². The molecule has 2 N–H and O–H groups in total. The average molecular weight is 563 g/mol. The molecule has 0 unspecified atom stereocenters. The molecule has 0 bridgehead atoms. The van der Waals surface area contributed by atoms with Gasteiger partial charge in [-0.3, -0.25) is 9.59 Å². The number of hydrogen-bond acceptors (Lipinski definition) is 6. The van der Waals surface area contributed by atoms with Gasteiger partial charge in [-0.15, -0.1) is 0 Å². The highest BCUT2D eigenvalue weighted by Gasteiger charge is 2.22. The van der Waals surface area contributed by atoms with E-state index in [0.717, 1.165) is 70.6 Å². The van der Waals surface area contributed by atoms with E-state index in [2.05, 4.69) is 29.9 Å². The van der Waals surface area contributed by atoms with Gasteiger partial charge in [-0.2, -0.15) is 0 Å². The van der Waals surface area contributed by atoms with Crippen LogP contribution in [-0.4, -0.2) is 44.3 Å². The summed E-state index contributed by atoms with van der Waals surface area (Å²) >= 11 is 0. The topological polar surface area (TPSA) is 106 Å². The minimum atomic E-state index is -0.0835. The maximum Gasteiger partial charge on any atom is 0.258 e. The number of aromatic nitrogens is 3. The summed E-state index contributed by atoms with van der Waals surface area (Å²) in [5, 5.41) is 1.49. The molecule has 1 amide bonds. The highest BCUT2D eigenvalue weighted by Crippen LogP contribution is 2.35. The van der Waals surface area contributed by atoms with Crippen LogP contribution in [0.5, 0.6) is 0 Å². The predicted octanol–water partition coefficient (Wildman–Crippen LogP) is 5.86. The Morgan fingerprint density at radius 3 is 2.36 bits per heavy atom. The van der Waals surface area contributed by atoms with Gasteiger partial charge in [0.25, 0.3) is 5.56 Å². The highest BCUT2D eigenvalue weighted by molar-refractivity contribution is 6.06. The van der Waals surface area contributed by atoms with Crippen LogP contribution in [0, 0.1) is 20.8 Å². The second kappa shape index (κ2) is 12.1. The number of fused-ring (bicyclic) bond motifs is 2. The number of pyridine rings is 1. The number of rotatable bonds is 8. The molecule has 0 fully saturated rings. The fourth-order valence-electron chi connectivity index (χ4n) is 5.65. The third-order valence-electron chi connectivity index (χ3n) is 7.52. The number of nitrogens with zero attached hydrogens (tertiary/aromatic N) is 5. The summed E-state index contributed by atoms with van der Waals surface area (Å²) in [5.41, 5.74) is 13.3. The van der Waals surface area contributed by atoms with E-state index < -0.39 is 0 Å². The van der Waals surface area contributed by atoms with Crippen LogP contribution in [0.25, 0.3) is 28.0 Å². The van der Waals surface area contributed by atoms with Crippen LogP contribution in [0.1, 0.15) is 61.4 Å². The number of carbonyl (C=O) groups is 1. The molecule has 8 nitrogen and oxygen atoms in total. The first kappa shape index (κ1) is 28.9. The zero-order chi connectivity index (χ0) is 30.0. The fourth-order valence-corrected chi connectivity index (χ4v) is 5.65. The van der Waals surface area contributed by atoms with Crippen molar-refractivity contribution in [1.82, 2.24) is 19.4 Å². The lowest BCUT2D eigenvalue weighted by molar-refractivity contribution is -0.127. The molecule has 216 valence electrons. The Hall–Kier alpha value is -4.59. The number of nitrogens with two attached hydrogens (primary N) is 1. The molecule has 1 aliphatic rings. The molecule has 4 aromatic rings. The van der Waals surface area contributed by atoms with Crippen LogP contribution in [0.2, 0.25) is 0 Å². The smallest absolute Gasteiger partial charge is 0.258 e. The summed E-state index contributed by atoms with van der Waals surface area (Å²) in [6.45, 7) is 11.8. The van der Waals surface area contributed by atoms with Crippen molar-refractivity contribution < 1.29 is 4.79 Å². The van der Waals surface area contributed by atoms with Gasteiger partial charge in [-0.25, -0.2) is 15.0 Å². The van der Waals surface area contributed by atoms with Crippen LogP contribution < -0.4 is 11.3 Å². The summed E-state index contributed by atoms with van der Waals surface area (Å²) in [4.78, 5) is 42.3. The third-order valence-corrected chi connectivity index (χ3v) is 7.52. The van der Waals surface area contributed by atoms with Gasteiger partial charge < -0.3 is 15.2 Å². The van der Waals surface area contributed by atoms with Crippen LogP contribution >= 0.6 is 0 Å². The van der Waals surface area contributed by atoms with Gasteiger partial charge in [0.15, 0.2) is 0 Å². The number of amides is 1. The number of amidine groups is 1. The zero-order valence-electron chi connectivity index (χ0n) is 25.1. The standard InChI is InChI=1S/C34H38N6O2/c1-6-11-39(12-7-2)33(41)27-17-29-21(3)14-26(18-30(29)38-31(35)19-27)24-8-9-28-25(16-24)10-13-40(34(28)42)20-32-36-22(4)15-23(5)37-32/h8-10,13-18H,6-7,11-12,19-20H2,1-5H3,(H2,35,38). The number of aryl methyl sites for hydroxylation is 3. The minimum Gasteiger partial charge on any atom is -0.387 e. The van der Waals surface area contributed by atoms with Gasteiger partial charge in [0.05, 0.1) is 12.2 Å². The van der Waals surface area contributed by atoms with Crippen molar-refractivity contribution in [2.24, 2.45) is 10.7 Å². The Balaban J connectivity index is 1.49. The third kappa shape index (κ3) is 6.03. The summed E-state index contributed by atoms with van der Waals surface area (Å²) in [7, 11) is 0. The van der Waals surface area contributed by atoms with Gasteiger partial charge in [0, 0.05) is 53.6 Å². The number of aliphatic imine (C=N–C) groups is 1. The summed E-state index contributed by atoms with van der Waals surface area (Å²) in [6.07, 6.45) is 5.89. The van der Waals surface area contributed by atoms with E-state index in [1.807, 2.05) is 68.1 Å². The van der Waals surface area contributed by atoms with Crippen molar-refractivity contribution in [1.29, 1.82) is 0 Å². The van der Waals surface area contributed by atoms with Gasteiger partial charge >= 0.3 is 0 Å². The van der Waals surface area contributed by atoms with E-state index in [1.165, 1.54) is 0 Å². The molecule has 1 aliphatic heterocycles. The SMILES string of the molecule is CCCN(CCC)C(=O)C1=Cc2c(C)cc(-c3ccc4c(=O)n(Cc5nc(C)cc(C)n5)ccc4c3)cc2N=C(N)C1. The minimum absolute atomic E-state index is 0.0254. The van der Waals surface area contributed by atoms with Crippen molar-refractivity contribution in [3.63, 3.8) is 0 Å². The molecule has 42 heavy (non-hydrogen) atoms. The Kier molecular flexibility index (Phi) is 8.34. The van der Waals surface area contributed by atoms with Crippen LogP contribution in [0.15, 0.2) is 64.0 Å². The van der Waals surface area contributed by atoms with E-state index >= 15 is 0 Å². The quantitative estimate of drug-likeness (QED) is 0.290. The van der Waals surface area contributed by atoms with E-state index in [1.54, 1.807) is 10.8 Å². The maximum atomic E-state index is 13.4. The molecule has 0 spiro atoms. The molecule has 2 aromatic carbocycles. The molecule has 0 aliphatic carbocycles. The zero-order valence-corrected chi connectivity index (χ0v) is 25.1. The van der Waals surface area contributed by atoms with E-state index in [4.69, 9.17) is 10.7 Å². The Morgan fingerprint density at radius 2 is 1.67 bits per heavy atom. The molecular weight excluding hydrogens is 524 g/mol. The summed E-state index contributed by atoms with van der Waals surface area (Å²) < 4.78 is 1.65. The Labute approximate surface area is 246 Å². The number of hydrogen-bond donors (Lipinski definition) is 1. The first-order valence-electron chi connectivity index (χ1n) is 14.6. The van der Waals surface area contributed by atoms with Crippen molar-refractivity contribution in [3.8, 4) is 11.1 Å². The largest absolute Gasteiger partial charge is 0.387 e. The van der Waals surface area contributed by atoms with Gasteiger partial charge in [-0.05, 0) is 92.1 Å². The van der Waals surface area contributed by atoms with Crippen LogP contribution in [0.3, 0.4) is 0 Å². The monoisotopic (exact) mass is 562 g/mol. The molecule has 0 atom stereocenters. The normalized spacial score (nSPS) is 12.9. The molecule has 8 heteroatoms. The van der Waals surface area contributed by atoms with Gasteiger partial charge in [-0.1, -0.05) is 26.0 Å². The summed E-state index contributed by atoms with van der Waals surface area (Å²) in [5.74, 6) is 1.07. The van der Waals surface area contributed by atoms with Crippen molar-refractivity contribution >= 4 is 34.3 Å². The number of carbonyl (C=O) groups excluding carboxylic acids is 1. The molecule has 3 heterocycles. The van der Waals surface area contributed by atoms with Gasteiger partial charge in [0.2, 0.25) is 5.91 Å². The molecule has 0 radical (unpaired) electrons. The second-order valence-corrected chi connectivity index (χ2v) is 11.1. The molecule has 0 saturated heterocycles. The lowest BCUT2D eigenvalue weighted by Gasteiger charge is -2.22. The van der Waals surface area contributed by atoms with Gasteiger partial charge in [0.1, 0.15) is 11.7 Å². The maximum absolute atomic E-state index is 13.4. The first-order valence-corrected chi connectivity index (χ1v) is 14.6. The predicted molar refractivity (Wildman–Crippen MR) is 170 cm³/mol. The molecule has 2 aromatic heterocycles. The van der Waals surface area contributed by atoms with E-state index in [9.17, 15) is 9.59 Å². The highest BCUT2D eigenvalue weighted by atomic mass is 16.2. The Bertz CT molecular complexity index is 1770. The Morgan fingerprint density at radius 1 is 0.952 bits per heavy atom. The average Bonchev–Trinajstić information content (AvgIpc) is 3.12. The van der Waals surface area contributed by atoms with Crippen molar-refractivity contribution in [2.45, 2.75) is 60.4 Å².